The molecule has 3 aromatic carbocycles. The van der Waals surface area contributed by atoms with Crippen LogP contribution in [0.3, 0.4) is 0 Å². The molecule has 0 aliphatic rings. The Hall–Kier alpha value is -3.99. The number of fused-ring (bicyclic) bond motifs is 1. The lowest BCUT2D eigenvalue weighted by Gasteiger charge is -2.29. The number of anilines is 1. The third kappa shape index (κ3) is 7.90. The highest BCUT2D eigenvalue weighted by atomic mass is 35.5. The van der Waals surface area contributed by atoms with Crippen LogP contribution in [0.25, 0.3) is 10.9 Å². The zero-order valence-electron chi connectivity index (χ0n) is 23.2. The molecule has 4 rings (SSSR count). The van der Waals surface area contributed by atoms with Crippen LogP contribution in [0, 0.1) is 6.92 Å². The van der Waals surface area contributed by atoms with Gasteiger partial charge in [-0.05, 0) is 73.7 Å². The molecular weight excluding hydrogens is 596 g/mol. The first kappa shape index (κ1) is 31.9. The minimum absolute atomic E-state index is 0.0148. The highest BCUT2D eigenvalue weighted by molar-refractivity contribution is 6.33. The van der Waals surface area contributed by atoms with Gasteiger partial charge in [0.15, 0.2) is 0 Å². The topological polar surface area (TPSA) is 65.2 Å². The van der Waals surface area contributed by atoms with Gasteiger partial charge in [-0.3, -0.25) is 9.59 Å². The first-order valence-electron chi connectivity index (χ1n) is 13.3. The second-order valence-electron chi connectivity index (χ2n) is 10.4. The number of aryl methyl sites for hydroxylation is 1. The first-order valence-corrected chi connectivity index (χ1v) is 13.7. The number of benzene rings is 3. The fourth-order valence-corrected chi connectivity index (χ4v) is 5.15. The molecule has 0 spiro atoms. The van der Waals surface area contributed by atoms with Crippen molar-refractivity contribution in [2.24, 2.45) is 0 Å². The minimum Gasteiger partial charge on any atom is -0.361 e. The summed E-state index contributed by atoms with van der Waals surface area (Å²) in [4.78, 5) is 30.3. The number of nitrogens with zero attached hydrogens (tertiary/aromatic N) is 1. The van der Waals surface area contributed by atoms with E-state index >= 15 is 0 Å². The zero-order chi connectivity index (χ0) is 31.5. The number of likely N-dealkylation sites (N-methyl/N-ethyl adjacent to an activating group) is 1. The van der Waals surface area contributed by atoms with Crippen LogP contribution in [-0.4, -0.2) is 34.8 Å². The van der Waals surface area contributed by atoms with Crippen molar-refractivity contribution in [3.8, 4) is 0 Å². The van der Waals surface area contributed by atoms with Crippen molar-refractivity contribution in [1.29, 1.82) is 0 Å². The van der Waals surface area contributed by atoms with Crippen molar-refractivity contribution >= 4 is 40.0 Å². The summed E-state index contributed by atoms with van der Waals surface area (Å²) in [6, 6.07) is 12.7. The number of halogens is 7. The number of hydrogen-bond acceptors (Lipinski definition) is 2. The van der Waals surface area contributed by atoms with Gasteiger partial charge in [0.05, 0.1) is 21.8 Å². The number of amides is 2. The van der Waals surface area contributed by atoms with E-state index in [1.807, 2.05) is 31.2 Å². The van der Waals surface area contributed by atoms with Gasteiger partial charge in [0.25, 0.3) is 5.91 Å². The van der Waals surface area contributed by atoms with E-state index in [4.69, 9.17) is 11.6 Å². The second kappa shape index (κ2) is 12.7. The van der Waals surface area contributed by atoms with Gasteiger partial charge in [0.1, 0.15) is 0 Å². The average molecular weight is 624 g/mol. The molecule has 1 aromatic heterocycles. The number of aromatic nitrogens is 1. The van der Waals surface area contributed by atoms with Gasteiger partial charge in [-0.25, -0.2) is 0 Å². The monoisotopic (exact) mass is 623 g/mol. The van der Waals surface area contributed by atoms with Gasteiger partial charge in [-0.2, -0.15) is 26.3 Å². The van der Waals surface area contributed by atoms with Crippen LogP contribution in [0.1, 0.15) is 51.9 Å². The number of nitrogens with one attached hydrogen (secondary N) is 2. The fraction of sp³-hybridized carbons (Fsp3) is 0.290. The van der Waals surface area contributed by atoms with E-state index < -0.39 is 41.0 Å². The van der Waals surface area contributed by atoms with Crippen LogP contribution in [0.2, 0.25) is 5.02 Å². The second-order valence-corrected chi connectivity index (χ2v) is 10.8. The lowest BCUT2D eigenvalue weighted by molar-refractivity contribution is -0.143. The molecule has 2 amide bonds. The van der Waals surface area contributed by atoms with Gasteiger partial charge in [0, 0.05) is 42.2 Å². The minimum atomic E-state index is -5.09. The largest absolute Gasteiger partial charge is 0.416 e. The molecule has 4 aromatic rings. The van der Waals surface area contributed by atoms with Crippen molar-refractivity contribution in [3.63, 3.8) is 0 Å². The number of carbonyl (C=O) groups is 2. The smallest absolute Gasteiger partial charge is 0.361 e. The molecule has 0 saturated heterocycles. The van der Waals surface area contributed by atoms with Crippen LogP contribution in [0.5, 0.6) is 0 Å². The zero-order valence-corrected chi connectivity index (χ0v) is 23.9. The summed E-state index contributed by atoms with van der Waals surface area (Å²) in [6.07, 6.45) is -7.65. The third-order valence-corrected chi connectivity index (χ3v) is 7.49. The molecule has 1 unspecified atom stereocenters. The maximum atomic E-state index is 13.5. The number of hydrogen-bond donors (Lipinski definition) is 2. The molecule has 0 fully saturated rings. The summed E-state index contributed by atoms with van der Waals surface area (Å²) in [7, 11) is 1.33. The van der Waals surface area contributed by atoms with E-state index in [1.54, 1.807) is 24.4 Å². The number of aromatic amines is 1. The molecule has 0 aliphatic heterocycles. The van der Waals surface area contributed by atoms with Crippen LogP contribution in [-0.2, 0) is 23.6 Å². The van der Waals surface area contributed by atoms with E-state index in [1.165, 1.54) is 7.05 Å². The quantitative estimate of drug-likeness (QED) is 0.183. The average Bonchev–Trinajstić information content (AvgIpc) is 3.34. The van der Waals surface area contributed by atoms with Crippen LogP contribution >= 0.6 is 11.6 Å². The summed E-state index contributed by atoms with van der Waals surface area (Å²) in [5.41, 5.74) is -0.898. The number of alkyl halides is 6. The van der Waals surface area contributed by atoms with E-state index in [9.17, 15) is 35.9 Å². The van der Waals surface area contributed by atoms with Gasteiger partial charge in [-0.15, -0.1) is 0 Å². The van der Waals surface area contributed by atoms with Crippen molar-refractivity contribution in [1.82, 2.24) is 9.88 Å². The Morgan fingerprint density at radius 3 is 2.23 bits per heavy atom. The van der Waals surface area contributed by atoms with E-state index in [0.717, 1.165) is 26.9 Å². The Bertz CT molecular complexity index is 1600. The lowest BCUT2D eigenvalue weighted by atomic mass is 9.97. The van der Waals surface area contributed by atoms with Gasteiger partial charge >= 0.3 is 12.4 Å². The first-order chi connectivity index (χ1) is 20.1. The van der Waals surface area contributed by atoms with Gasteiger partial charge in [-0.1, -0.05) is 35.9 Å². The van der Waals surface area contributed by atoms with Gasteiger partial charge < -0.3 is 15.2 Å². The van der Waals surface area contributed by atoms with E-state index in [2.05, 4.69) is 10.3 Å². The predicted molar refractivity (Wildman–Crippen MR) is 153 cm³/mol. The summed E-state index contributed by atoms with van der Waals surface area (Å²) < 4.78 is 80.8. The molecule has 43 heavy (non-hydrogen) atoms. The van der Waals surface area contributed by atoms with Crippen molar-refractivity contribution in [2.75, 3.05) is 12.4 Å². The Morgan fingerprint density at radius 2 is 1.60 bits per heavy atom. The van der Waals surface area contributed by atoms with Crippen molar-refractivity contribution < 1.29 is 35.9 Å². The molecule has 228 valence electrons. The SMILES string of the molecule is Cc1ccc(NC(=O)CCCC(Cc2c[nH]c3ccccc23)N(C)C(=O)c2cc(C(F)(F)F)cc(C(F)(F)F)c2)c(Cl)c1. The molecule has 1 atom stereocenters. The molecule has 0 radical (unpaired) electrons. The summed E-state index contributed by atoms with van der Waals surface area (Å²) in [6.45, 7) is 1.85. The number of carbonyl (C=O) groups excluding carboxylic acids is 2. The lowest BCUT2D eigenvalue weighted by Crippen LogP contribution is -2.39. The molecule has 1 heterocycles. The molecule has 0 bridgehead atoms. The number of rotatable bonds is 9. The van der Waals surface area contributed by atoms with Gasteiger partial charge in [0.2, 0.25) is 5.91 Å². The van der Waals surface area contributed by atoms with Crippen LogP contribution < -0.4 is 5.32 Å². The van der Waals surface area contributed by atoms with Crippen LogP contribution in [0.15, 0.2) is 66.9 Å². The van der Waals surface area contributed by atoms with Crippen molar-refractivity contribution in [3.05, 3.63) is 99.7 Å². The highest BCUT2D eigenvalue weighted by Gasteiger charge is 2.38. The number of H-pyrrole nitrogens is 1. The van der Waals surface area contributed by atoms with E-state index in [0.29, 0.717) is 22.8 Å². The molecule has 0 saturated carbocycles. The van der Waals surface area contributed by atoms with Crippen molar-refractivity contribution in [2.45, 2.75) is 51.0 Å². The fourth-order valence-electron chi connectivity index (χ4n) is 4.87. The Balaban J connectivity index is 1.58. The summed E-state index contributed by atoms with van der Waals surface area (Å²) >= 11 is 6.20. The highest BCUT2D eigenvalue weighted by Crippen LogP contribution is 2.37. The predicted octanol–water partition coefficient (Wildman–Crippen LogP) is 8.66. The Morgan fingerprint density at radius 1 is 0.953 bits per heavy atom. The molecule has 2 N–H and O–H groups in total. The summed E-state index contributed by atoms with van der Waals surface area (Å²) in [5.74, 6) is -1.34. The maximum absolute atomic E-state index is 13.5. The van der Waals surface area contributed by atoms with E-state index in [-0.39, 0.29) is 37.7 Å². The summed E-state index contributed by atoms with van der Waals surface area (Å²) in [5, 5.41) is 3.96. The maximum Gasteiger partial charge on any atom is 0.416 e. The normalized spacial score (nSPS) is 12.8. The van der Waals surface area contributed by atoms with Crippen LogP contribution in [0.4, 0.5) is 32.0 Å². The Kier molecular flexibility index (Phi) is 9.44. The third-order valence-electron chi connectivity index (χ3n) is 7.17. The molecule has 0 aliphatic carbocycles. The molecule has 12 heteroatoms. The molecule has 5 nitrogen and oxygen atoms in total. The number of para-hydroxylation sites is 1. The standard InChI is InChI=1S/C31H28ClF6N3O2/c1-18-10-11-27(25(32)12-18)40-28(42)9-5-6-23(15-20-17-39-26-8-4-3-7-24(20)26)41(2)29(43)19-13-21(30(33,34)35)16-22(14-19)31(36,37)38/h3-4,7-8,10-14,16-17,23,39H,5-6,9,15H2,1-2H3,(H,40,42). The molecular formula is C31H28ClF6N3O2. The Labute approximate surface area is 248 Å².